The van der Waals surface area contributed by atoms with Crippen molar-refractivity contribution in [3.63, 3.8) is 0 Å². The molecule has 0 radical (unpaired) electrons. The first kappa shape index (κ1) is 19.6. The fraction of sp³-hybridized carbons (Fsp3) is 0.211. The van der Waals surface area contributed by atoms with Crippen molar-refractivity contribution in [3.05, 3.63) is 70.8 Å². The molecule has 0 unspecified atom stereocenters. The van der Waals surface area contributed by atoms with E-state index in [4.69, 9.17) is 0 Å². The van der Waals surface area contributed by atoms with Crippen LogP contribution in [0, 0.1) is 0 Å². The number of hydrogen-bond donors (Lipinski definition) is 1. The summed E-state index contributed by atoms with van der Waals surface area (Å²) in [7, 11) is -3.51. The molecular formula is C19H20BrN3O3S. The van der Waals surface area contributed by atoms with Crippen LogP contribution in [0.15, 0.2) is 70.2 Å². The van der Waals surface area contributed by atoms with Gasteiger partial charge in [-0.3, -0.25) is 0 Å². The van der Waals surface area contributed by atoms with E-state index in [0.29, 0.717) is 13.1 Å². The third-order valence-corrected chi connectivity index (χ3v) is 6.64. The summed E-state index contributed by atoms with van der Waals surface area (Å²) in [6.07, 6.45) is 3.40. The summed E-state index contributed by atoms with van der Waals surface area (Å²) in [5.74, 6) is 0. The van der Waals surface area contributed by atoms with Crippen molar-refractivity contribution >= 4 is 38.1 Å². The minimum Gasteiger partial charge on any atom is -0.322 e. The van der Waals surface area contributed by atoms with E-state index in [1.807, 2.05) is 24.3 Å². The number of nitrogens with one attached hydrogen (secondary N) is 1. The smallest absolute Gasteiger partial charge is 0.321 e. The quantitative estimate of drug-likeness (QED) is 0.779. The van der Waals surface area contributed by atoms with Crippen LogP contribution in [-0.2, 0) is 10.0 Å². The Morgan fingerprint density at radius 2 is 1.70 bits per heavy atom. The molecule has 0 atom stereocenters. The maximum atomic E-state index is 12.6. The van der Waals surface area contributed by atoms with Crippen molar-refractivity contribution in [2.24, 2.45) is 0 Å². The highest BCUT2D eigenvalue weighted by atomic mass is 79.9. The van der Waals surface area contributed by atoms with E-state index in [1.54, 1.807) is 47.5 Å². The number of hydrogen-bond acceptors (Lipinski definition) is 3. The van der Waals surface area contributed by atoms with Crippen LogP contribution in [-0.4, -0.2) is 49.8 Å². The normalized spacial score (nSPS) is 15.8. The largest absolute Gasteiger partial charge is 0.322 e. The first-order chi connectivity index (χ1) is 13.0. The molecule has 0 aromatic heterocycles. The summed E-state index contributed by atoms with van der Waals surface area (Å²) < 4.78 is 27.6. The molecule has 3 rings (SSSR count). The number of halogens is 1. The molecule has 0 spiro atoms. The van der Waals surface area contributed by atoms with E-state index < -0.39 is 10.0 Å². The van der Waals surface area contributed by atoms with Gasteiger partial charge in [0.1, 0.15) is 0 Å². The third-order valence-electron chi connectivity index (χ3n) is 4.24. The molecule has 2 aromatic rings. The van der Waals surface area contributed by atoms with Gasteiger partial charge in [-0.15, -0.1) is 0 Å². The number of carbonyl (C=O) groups excluding carboxylic acids is 1. The van der Waals surface area contributed by atoms with Crippen LogP contribution in [0.2, 0.25) is 0 Å². The second-order valence-corrected chi connectivity index (χ2v) is 8.90. The van der Waals surface area contributed by atoms with E-state index in [0.717, 1.165) is 10.0 Å². The van der Waals surface area contributed by atoms with Crippen LogP contribution in [0.1, 0.15) is 5.56 Å². The summed E-state index contributed by atoms with van der Waals surface area (Å²) in [5, 5.41) is 2.73. The molecule has 1 N–H and O–H groups in total. The molecule has 1 aliphatic heterocycles. The first-order valence-corrected chi connectivity index (χ1v) is 10.7. The zero-order valence-corrected chi connectivity index (χ0v) is 17.0. The van der Waals surface area contributed by atoms with Crippen LogP contribution in [0.4, 0.5) is 4.79 Å². The van der Waals surface area contributed by atoms with Crippen molar-refractivity contribution in [3.8, 4) is 0 Å². The van der Waals surface area contributed by atoms with Gasteiger partial charge in [0.2, 0.25) is 10.0 Å². The Kier molecular flexibility index (Phi) is 6.30. The van der Waals surface area contributed by atoms with Gasteiger partial charge < -0.3 is 10.2 Å². The maximum Gasteiger partial charge on any atom is 0.321 e. The van der Waals surface area contributed by atoms with E-state index in [2.05, 4.69) is 21.2 Å². The number of benzene rings is 2. The lowest BCUT2D eigenvalue weighted by Crippen LogP contribution is -2.52. The van der Waals surface area contributed by atoms with E-state index >= 15 is 0 Å². The second kappa shape index (κ2) is 8.69. The lowest BCUT2D eigenvalue weighted by atomic mass is 10.2. The molecule has 142 valence electrons. The van der Waals surface area contributed by atoms with Crippen LogP contribution in [0.5, 0.6) is 0 Å². The summed E-state index contributed by atoms with van der Waals surface area (Å²) >= 11 is 3.40. The molecule has 0 bridgehead atoms. The van der Waals surface area contributed by atoms with Crippen LogP contribution in [0.3, 0.4) is 0 Å². The summed E-state index contributed by atoms with van der Waals surface area (Å²) in [5.41, 5.74) is 0.962. The number of nitrogens with zero attached hydrogens (tertiary/aromatic N) is 2. The lowest BCUT2D eigenvalue weighted by Gasteiger charge is -2.33. The minimum absolute atomic E-state index is 0.238. The topological polar surface area (TPSA) is 69.7 Å². The summed E-state index contributed by atoms with van der Waals surface area (Å²) in [6, 6.07) is 15.8. The number of carbonyl (C=O) groups is 1. The van der Waals surface area contributed by atoms with Crippen molar-refractivity contribution in [2.45, 2.75) is 4.90 Å². The van der Waals surface area contributed by atoms with Crippen LogP contribution in [0.25, 0.3) is 6.08 Å². The van der Waals surface area contributed by atoms with Gasteiger partial charge in [0, 0.05) is 36.9 Å². The Morgan fingerprint density at radius 3 is 2.37 bits per heavy atom. The van der Waals surface area contributed by atoms with E-state index in [1.165, 1.54) is 4.31 Å². The average molecular weight is 450 g/mol. The Labute approximate surface area is 167 Å². The molecule has 8 heteroatoms. The fourth-order valence-corrected chi connectivity index (χ4v) is 4.64. The molecular weight excluding hydrogens is 430 g/mol. The van der Waals surface area contributed by atoms with Gasteiger partial charge in [-0.25, -0.2) is 13.2 Å². The average Bonchev–Trinajstić information content (AvgIpc) is 2.69. The molecule has 27 heavy (non-hydrogen) atoms. The molecule has 1 saturated heterocycles. The van der Waals surface area contributed by atoms with Gasteiger partial charge in [0.05, 0.1) is 4.90 Å². The molecule has 0 aliphatic carbocycles. The minimum atomic E-state index is -3.51. The molecule has 1 aliphatic rings. The van der Waals surface area contributed by atoms with Crippen molar-refractivity contribution in [1.82, 2.24) is 14.5 Å². The Bertz CT molecular complexity index is 924. The Balaban J connectivity index is 1.53. The summed E-state index contributed by atoms with van der Waals surface area (Å²) in [4.78, 5) is 14.2. The third kappa shape index (κ3) is 4.97. The number of urea groups is 1. The highest BCUT2D eigenvalue weighted by Gasteiger charge is 2.29. The highest BCUT2D eigenvalue weighted by molar-refractivity contribution is 9.10. The maximum absolute atomic E-state index is 12.6. The van der Waals surface area contributed by atoms with Crippen molar-refractivity contribution < 1.29 is 13.2 Å². The zero-order chi connectivity index (χ0) is 19.3. The molecule has 1 heterocycles. The van der Waals surface area contributed by atoms with E-state index in [-0.39, 0.29) is 24.0 Å². The number of amides is 2. The molecule has 1 fully saturated rings. The monoisotopic (exact) mass is 449 g/mol. The zero-order valence-electron chi connectivity index (χ0n) is 14.6. The predicted octanol–water partition coefficient (Wildman–Crippen LogP) is 3.14. The Morgan fingerprint density at radius 1 is 1.00 bits per heavy atom. The molecule has 2 amide bonds. The van der Waals surface area contributed by atoms with Gasteiger partial charge in [-0.2, -0.15) is 4.31 Å². The molecule has 6 nitrogen and oxygen atoms in total. The lowest BCUT2D eigenvalue weighted by molar-refractivity contribution is 0.175. The predicted molar refractivity (Wildman–Crippen MR) is 108 cm³/mol. The van der Waals surface area contributed by atoms with E-state index in [9.17, 15) is 13.2 Å². The number of rotatable bonds is 4. The van der Waals surface area contributed by atoms with Gasteiger partial charge in [-0.05, 0) is 35.9 Å². The number of sulfonamides is 1. The Hall–Kier alpha value is -2.16. The molecule has 0 saturated carbocycles. The summed E-state index contributed by atoms with van der Waals surface area (Å²) in [6.45, 7) is 1.26. The van der Waals surface area contributed by atoms with Crippen LogP contribution >= 0.6 is 15.9 Å². The van der Waals surface area contributed by atoms with Gasteiger partial charge in [0.25, 0.3) is 0 Å². The first-order valence-electron chi connectivity index (χ1n) is 8.49. The molecule has 2 aromatic carbocycles. The number of piperazine rings is 1. The highest BCUT2D eigenvalue weighted by Crippen LogP contribution is 2.17. The second-order valence-electron chi connectivity index (χ2n) is 6.04. The van der Waals surface area contributed by atoms with Gasteiger partial charge in [0.15, 0.2) is 0 Å². The standard InChI is InChI=1S/C19H20BrN3O3S/c20-17-6-4-5-16(15-17)9-10-21-19(24)22-11-13-23(14-12-22)27(25,26)18-7-2-1-3-8-18/h1-10,15H,11-14H2,(H,21,24)/b10-9+. The van der Waals surface area contributed by atoms with Crippen molar-refractivity contribution in [2.75, 3.05) is 26.2 Å². The van der Waals surface area contributed by atoms with Gasteiger partial charge >= 0.3 is 6.03 Å². The van der Waals surface area contributed by atoms with Crippen molar-refractivity contribution in [1.29, 1.82) is 0 Å². The van der Waals surface area contributed by atoms with Gasteiger partial charge in [-0.1, -0.05) is 46.3 Å². The van der Waals surface area contributed by atoms with Crippen LogP contribution < -0.4 is 5.32 Å². The fourth-order valence-electron chi connectivity index (χ4n) is 2.78. The SMILES string of the molecule is O=C(N/C=C/c1cccc(Br)c1)N1CCN(S(=O)(=O)c2ccccc2)CC1.